The average molecular weight is 299 g/mol. The van der Waals surface area contributed by atoms with Gasteiger partial charge in [0.15, 0.2) is 0 Å². The molecular weight excluding hydrogens is 288 g/mol. The first-order valence-electron chi connectivity index (χ1n) is 6.07. The van der Waals surface area contributed by atoms with Crippen LogP contribution in [0.15, 0.2) is 41.5 Å². The molecule has 1 aromatic carbocycles. The zero-order valence-corrected chi connectivity index (χ0v) is 12.4. The van der Waals surface area contributed by atoms with Crippen LogP contribution < -0.4 is 0 Å². The van der Waals surface area contributed by atoms with E-state index in [0.29, 0.717) is 16.4 Å². The summed E-state index contributed by atoms with van der Waals surface area (Å²) in [4.78, 5) is 7.98. The highest BCUT2D eigenvalue weighted by Gasteiger charge is 2.00. The molecule has 98 valence electrons. The molecule has 0 radical (unpaired) electrons. The van der Waals surface area contributed by atoms with Crippen molar-refractivity contribution < 1.29 is 0 Å². The van der Waals surface area contributed by atoms with Crippen LogP contribution in [0.1, 0.15) is 23.7 Å². The van der Waals surface area contributed by atoms with Crippen molar-refractivity contribution in [3.63, 3.8) is 0 Å². The SMILES string of the molecule is CCc1ccc(C#Cc2ncc(N=C=S)cc2Cl)cc1. The van der Waals surface area contributed by atoms with Crippen molar-refractivity contribution in [3.05, 3.63) is 58.4 Å². The van der Waals surface area contributed by atoms with E-state index in [1.54, 1.807) is 12.3 Å². The summed E-state index contributed by atoms with van der Waals surface area (Å²) in [5.41, 5.74) is 3.31. The zero-order valence-electron chi connectivity index (χ0n) is 10.9. The van der Waals surface area contributed by atoms with Gasteiger partial charge in [-0.2, -0.15) is 4.99 Å². The molecule has 2 nitrogen and oxygen atoms in total. The topological polar surface area (TPSA) is 25.2 Å². The summed E-state index contributed by atoms with van der Waals surface area (Å²) in [6, 6.07) is 9.78. The number of pyridine rings is 1. The maximum absolute atomic E-state index is 6.09. The molecule has 0 saturated carbocycles. The normalized spacial score (nSPS) is 9.30. The van der Waals surface area contributed by atoms with Crippen LogP contribution in [0.4, 0.5) is 5.69 Å². The Labute approximate surface area is 128 Å². The molecule has 0 aliphatic heterocycles. The summed E-state index contributed by atoms with van der Waals surface area (Å²) >= 11 is 10.6. The average Bonchev–Trinajstić information content (AvgIpc) is 2.47. The highest BCUT2D eigenvalue weighted by molar-refractivity contribution is 7.78. The van der Waals surface area contributed by atoms with Crippen molar-refractivity contribution in [1.29, 1.82) is 0 Å². The monoisotopic (exact) mass is 298 g/mol. The van der Waals surface area contributed by atoms with Gasteiger partial charge in [0.05, 0.1) is 22.1 Å². The third kappa shape index (κ3) is 3.76. The first-order valence-corrected chi connectivity index (χ1v) is 6.86. The van der Waals surface area contributed by atoms with Crippen LogP contribution >= 0.6 is 23.8 Å². The van der Waals surface area contributed by atoms with Gasteiger partial charge in [0.1, 0.15) is 5.69 Å². The quantitative estimate of drug-likeness (QED) is 0.465. The van der Waals surface area contributed by atoms with E-state index in [1.165, 1.54) is 5.56 Å². The van der Waals surface area contributed by atoms with Crippen LogP contribution in [-0.2, 0) is 6.42 Å². The molecule has 0 amide bonds. The minimum atomic E-state index is 0.453. The van der Waals surface area contributed by atoms with Crippen LogP contribution in [0.25, 0.3) is 0 Å². The fourth-order valence-electron chi connectivity index (χ4n) is 1.59. The number of nitrogens with zero attached hydrogens (tertiary/aromatic N) is 2. The molecule has 0 fully saturated rings. The van der Waals surface area contributed by atoms with Gasteiger partial charge in [-0.25, -0.2) is 4.98 Å². The Kier molecular flexibility index (Phi) is 5.03. The van der Waals surface area contributed by atoms with Crippen LogP contribution in [-0.4, -0.2) is 10.1 Å². The van der Waals surface area contributed by atoms with Crippen molar-refractivity contribution in [3.8, 4) is 11.8 Å². The number of halogens is 1. The number of aryl methyl sites for hydroxylation is 1. The number of hydrogen-bond donors (Lipinski definition) is 0. The molecule has 0 aliphatic carbocycles. The molecule has 0 unspecified atom stereocenters. The molecular formula is C16H11ClN2S. The van der Waals surface area contributed by atoms with E-state index in [-0.39, 0.29) is 0 Å². The van der Waals surface area contributed by atoms with Gasteiger partial charge in [0.2, 0.25) is 0 Å². The molecule has 0 saturated heterocycles. The summed E-state index contributed by atoms with van der Waals surface area (Å²) in [5, 5.41) is 2.73. The lowest BCUT2D eigenvalue weighted by Crippen LogP contribution is -1.84. The van der Waals surface area contributed by atoms with Crippen LogP contribution in [0, 0.1) is 11.8 Å². The molecule has 2 aromatic rings. The molecule has 0 aliphatic rings. The second kappa shape index (κ2) is 6.98. The fourth-order valence-corrected chi connectivity index (χ4v) is 1.90. The number of thiocarbonyl (C=S) groups is 1. The minimum Gasteiger partial charge on any atom is -0.244 e. The van der Waals surface area contributed by atoms with Gasteiger partial charge in [-0.1, -0.05) is 36.6 Å². The molecule has 4 heteroatoms. The molecule has 1 aromatic heterocycles. The van der Waals surface area contributed by atoms with Crippen molar-refractivity contribution in [2.45, 2.75) is 13.3 Å². The Morgan fingerprint density at radius 2 is 2.00 bits per heavy atom. The smallest absolute Gasteiger partial charge is 0.132 e. The number of hydrogen-bond acceptors (Lipinski definition) is 3. The first kappa shape index (κ1) is 14.4. The number of isothiocyanates is 1. The van der Waals surface area contributed by atoms with E-state index >= 15 is 0 Å². The Morgan fingerprint density at radius 3 is 2.60 bits per heavy atom. The molecule has 2 rings (SSSR count). The van der Waals surface area contributed by atoms with E-state index in [9.17, 15) is 0 Å². The number of benzene rings is 1. The Hall–Kier alpha value is -1.98. The second-order valence-electron chi connectivity index (χ2n) is 4.03. The van der Waals surface area contributed by atoms with Crippen LogP contribution in [0.3, 0.4) is 0 Å². The lowest BCUT2D eigenvalue weighted by Gasteiger charge is -1.97. The Morgan fingerprint density at radius 1 is 1.25 bits per heavy atom. The molecule has 0 bridgehead atoms. The summed E-state index contributed by atoms with van der Waals surface area (Å²) < 4.78 is 0. The number of aromatic nitrogens is 1. The van der Waals surface area contributed by atoms with Gasteiger partial charge in [-0.05, 0) is 48.3 Å². The summed E-state index contributed by atoms with van der Waals surface area (Å²) in [7, 11) is 0. The van der Waals surface area contributed by atoms with E-state index < -0.39 is 0 Å². The van der Waals surface area contributed by atoms with Crippen molar-refractivity contribution in [2.75, 3.05) is 0 Å². The molecule has 0 spiro atoms. The lowest BCUT2D eigenvalue weighted by molar-refractivity contribution is 1.14. The van der Waals surface area contributed by atoms with Crippen molar-refractivity contribution in [1.82, 2.24) is 4.98 Å². The van der Waals surface area contributed by atoms with Gasteiger partial charge < -0.3 is 0 Å². The first-order chi connectivity index (χ1) is 9.72. The fraction of sp³-hybridized carbons (Fsp3) is 0.125. The molecule has 0 atom stereocenters. The molecule has 0 N–H and O–H groups in total. The van der Waals surface area contributed by atoms with Gasteiger partial charge in [0, 0.05) is 5.56 Å². The highest BCUT2D eigenvalue weighted by Crippen LogP contribution is 2.19. The Bertz CT molecular complexity index is 720. The van der Waals surface area contributed by atoms with Crippen LogP contribution in [0.2, 0.25) is 5.02 Å². The maximum atomic E-state index is 6.09. The number of rotatable bonds is 2. The summed E-state index contributed by atoms with van der Waals surface area (Å²) in [5.74, 6) is 6.00. The van der Waals surface area contributed by atoms with E-state index in [0.717, 1.165) is 12.0 Å². The van der Waals surface area contributed by atoms with Crippen molar-refractivity contribution in [2.24, 2.45) is 4.99 Å². The lowest BCUT2D eigenvalue weighted by atomic mass is 10.1. The molecule has 1 heterocycles. The van der Waals surface area contributed by atoms with E-state index in [2.05, 4.69) is 58.3 Å². The number of aliphatic imine (C=N–C) groups is 1. The van der Waals surface area contributed by atoms with Crippen molar-refractivity contribution >= 4 is 34.7 Å². The zero-order chi connectivity index (χ0) is 14.4. The summed E-state index contributed by atoms with van der Waals surface area (Å²) in [6.45, 7) is 2.12. The van der Waals surface area contributed by atoms with Crippen LogP contribution in [0.5, 0.6) is 0 Å². The largest absolute Gasteiger partial charge is 0.244 e. The molecule has 20 heavy (non-hydrogen) atoms. The maximum Gasteiger partial charge on any atom is 0.132 e. The predicted molar refractivity (Wildman–Crippen MR) is 85.7 cm³/mol. The predicted octanol–water partition coefficient (Wildman–Crippen LogP) is 4.43. The van der Waals surface area contributed by atoms with Gasteiger partial charge in [-0.3, -0.25) is 0 Å². The second-order valence-corrected chi connectivity index (χ2v) is 4.62. The third-order valence-electron chi connectivity index (χ3n) is 2.69. The van der Waals surface area contributed by atoms with E-state index in [4.69, 9.17) is 11.6 Å². The Balaban J connectivity index is 2.25. The van der Waals surface area contributed by atoms with Gasteiger partial charge >= 0.3 is 0 Å². The highest BCUT2D eigenvalue weighted by atomic mass is 35.5. The van der Waals surface area contributed by atoms with Gasteiger partial charge in [0.25, 0.3) is 0 Å². The van der Waals surface area contributed by atoms with Gasteiger partial charge in [-0.15, -0.1) is 0 Å². The minimum absolute atomic E-state index is 0.453. The summed E-state index contributed by atoms with van der Waals surface area (Å²) in [6.07, 6.45) is 2.58. The standard InChI is InChI=1S/C16H11ClN2S/c1-2-12-3-5-13(6-4-12)7-8-16-15(17)9-14(10-18-16)19-11-20/h3-6,9-10H,2H2,1H3. The third-order valence-corrected chi connectivity index (χ3v) is 3.07. The van der Waals surface area contributed by atoms with E-state index in [1.807, 2.05) is 12.1 Å².